The first kappa shape index (κ1) is 10.9. The van der Waals surface area contributed by atoms with Crippen LogP contribution in [-0.4, -0.2) is 11.8 Å². The molecule has 0 saturated carbocycles. The van der Waals surface area contributed by atoms with Gasteiger partial charge in [0.2, 0.25) is 5.78 Å². The number of halogens is 1. The molecule has 0 N–H and O–H groups in total. The molecule has 0 aromatic rings. The van der Waals surface area contributed by atoms with Gasteiger partial charge >= 0.3 is 35.5 Å². The van der Waals surface area contributed by atoms with Crippen LogP contribution in [0.5, 0.6) is 0 Å². The van der Waals surface area contributed by atoms with Crippen LogP contribution < -0.4 is 29.6 Å². The van der Waals surface area contributed by atoms with Gasteiger partial charge < -0.3 is 1.43 Å². The second kappa shape index (κ2) is 5.21. The summed E-state index contributed by atoms with van der Waals surface area (Å²) in [6.07, 6.45) is 0. The SMILES string of the molecule is CC(=O)C(=O)OF.[H-].[Na+]. The number of hydrogen-bond donors (Lipinski definition) is 0. The van der Waals surface area contributed by atoms with E-state index in [1.807, 2.05) is 0 Å². The average Bonchev–Trinajstić information content (AvgIpc) is 1.65. The van der Waals surface area contributed by atoms with Gasteiger partial charge in [0.25, 0.3) is 0 Å². The van der Waals surface area contributed by atoms with Gasteiger partial charge in [0.05, 0.1) is 0 Å². The molecule has 0 spiro atoms. The Morgan fingerprint density at radius 3 is 2.00 bits per heavy atom. The van der Waals surface area contributed by atoms with Crippen molar-refractivity contribution in [1.82, 2.24) is 0 Å². The molecule has 0 aromatic heterocycles. The van der Waals surface area contributed by atoms with E-state index < -0.39 is 11.8 Å². The molecular weight excluding hydrogens is 126 g/mol. The van der Waals surface area contributed by atoms with Crippen LogP contribution in [0, 0.1) is 0 Å². The molecule has 0 saturated heterocycles. The van der Waals surface area contributed by atoms with Gasteiger partial charge in [-0.15, -0.1) is 0 Å². The number of rotatable bonds is 1. The van der Waals surface area contributed by atoms with Gasteiger partial charge in [-0.05, 0) is 0 Å². The fourth-order valence-corrected chi connectivity index (χ4v) is 0.0543. The summed E-state index contributed by atoms with van der Waals surface area (Å²) in [5.74, 6) is -2.40. The second-order valence-corrected chi connectivity index (χ2v) is 0.921. The van der Waals surface area contributed by atoms with E-state index in [1.165, 1.54) is 0 Å². The van der Waals surface area contributed by atoms with Crippen molar-refractivity contribution in [3.63, 3.8) is 0 Å². The van der Waals surface area contributed by atoms with Crippen molar-refractivity contribution in [2.75, 3.05) is 0 Å². The maximum absolute atomic E-state index is 10.6. The van der Waals surface area contributed by atoms with Gasteiger partial charge in [0.1, 0.15) is 0 Å². The van der Waals surface area contributed by atoms with E-state index in [0.717, 1.165) is 6.92 Å². The van der Waals surface area contributed by atoms with Gasteiger partial charge in [-0.1, -0.05) is 0 Å². The third-order valence-electron chi connectivity index (χ3n) is 0.358. The summed E-state index contributed by atoms with van der Waals surface area (Å²) in [4.78, 5) is 21.7. The van der Waals surface area contributed by atoms with Crippen molar-refractivity contribution in [2.45, 2.75) is 6.92 Å². The molecule has 5 heteroatoms. The topological polar surface area (TPSA) is 43.4 Å². The summed E-state index contributed by atoms with van der Waals surface area (Å²) in [6.45, 7) is 0.919. The molecule has 0 aliphatic heterocycles. The normalized spacial score (nSPS) is 6.75. The molecule has 0 rings (SSSR count). The van der Waals surface area contributed by atoms with E-state index in [0.29, 0.717) is 0 Å². The monoisotopic (exact) mass is 130 g/mol. The third-order valence-corrected chi connectivity index (χ3v) is 0.358. The van der Waals surface area contributed by atoms with Gasteiger partial charge in [0, 0.05) is 11.4 Å². The molecule has 0 unspecified atom stereocenters. The Bertz CT molecular complexity index is 107. The molecule has 0 heterocycles. The number of hydrogen-bond acceptors (Lipinski definition) is 3. The molecule has 0 radical (unpaired) electrons. The molecule has 42 valence electrons. The number of ketones is 1. The van der Waals surface area contributed by atoms with Crippen molar-refractivity contribution in [2.24, 2.45) is 0 Å². The van der Waals surface area contributed by atoms with Gasteiger partial charge in [0.15, 0.2) is 0 Å². The largest absolute Gasteiger partial charge is 1.00 e. The van der Waals surface area contributed by atoms with Gasteiger partial charge in [-0.25, -0.2) is 9.74 Å². The van der Waals surface area contributed by atoms with E-state index >= 15 is 0 Å². The molecule has 0 aromatic carbocycles. The van der Waals surface area contributed by atoms with E-state index in [-0.39, 0.29) is 31.0 Å². The first-order valence-corrected chi connectivity index (χ1v) is 1.52. The standard InChI is InChI=1S/C3H3FO3.Na.H/c1-2(5)3(6)7-4;;/h1H3;;/q;+1;-1. The second-order valence-electron chi connectivity index (χ2n) is 0.921. The van der Waals surface area contributed by atoms with Gasteiger partial charge in [-0.2, -0.15) is 0 Å². The summed E-state index contributed by atoms with van der Waals surface area (Å²) in [7, 11) is 0. The van der Waals surface area contributed by atoms with Crippen molar-refractivity contribution in [3.8, 4) is 0 Å². The summed E-state index contributed by atoms with van der Waals surface area (Å²) < 4.78 is 10.6. The molecule has 0 aliphatic carbocycles. The number of carbonyl (C=O) groups is 2. The smallest absolute Gasteiger partial charge is 1.00 e. The maximum Gasteiger partial charge on any atom is 1.00 e. The van der Waals surface area contributed by atoms with Gasteiger partial charge in [-0.3, -0.25) is 4.79 Å². The molecule has 0 atom stereocenters. The minimum absolute atomic E-state index is 0. The Balaban J connectivity index is -0.000000180. The molecular formula is C3H4FNaO3. The van der Waals surface area contributed by atoms with E-state index in [1.54, 1.807) is 0 Å². The average molecular weight is 130 g/mol. The van der Waals surface area contributed by atoms with Crippen molar-refractivity contribution in [1.29, 1.82) is 0 Å². The zero-order chi connectivity index (χ0) is 5.86. The molecule has 0 aliphatic rings. The Morgan fingerprint density at radius 1 is 1.62 bits per heavy atom. The van der Waals surface area contributed by atoms with E-state index in [4.69, 9.17) is 0 Å². The van der Waals surface area contributed by atoms with Crippen molar-refractivity contribution in [3.05, 3.63) is 0 Å². The van der Waals surface area contributed by atoms with Crippen LogP contribution in [0.1, 0.15) is 8.35 Å². The van der Waals surface area contributed by atoms with Crippen LogP contribution >= 0.6 is 0 Å². The first-order valence-electron chi connectivity index (χ1n) is 1.52. The van der Waals surface area contributed by atoms with E-state index in [2.05, 4.69) is 4.94 Å². The Morgan fingerprint density at radius 2 is 2.00 bits per heavy atom. The number of Topliss-reactive ketones (excluding diaryl/α,β-unsaturated/α-hetero) is 1. The summed E-state index contributed by atoms with van der Waals surface area (Å²) in [6, 6.07) is 0. The Hall–Kier alpha value is 0.0700. The predicted octanol–water partition coefficient (Wildman–Crippen LogP) is -2.88. The van der Waals surface area contributed by atoms with Crippen LogP contribution in [0.2, 0.25) is 0 Å². The van der Waals surface area contributed by atoms with Crippen LogP contribution in [0.15, 0.2) is 0 Å². The van der Waals surface area contributed by atoms with Crippen molar-refractivity contribution < 1.29 is 50.0 Å². The van der Waals surface area contributed by atoms with Crippen LogP contribution in [0.25, 0.3) is 0 Å². The fourth-order valence-electron chi connectivity index (χ4n) is 0.0543. The predicted molar refractivity (Wildman–Crippen MR) is 19.0 cm³/mol. The third kappa shape index (κ3) is 4.23. The van der Waals surface area contributed by atoms with Crippen LogP contribution in [0.4, 0.5) is 4.53 Å². The summed E-state index contributed by atoms with van der Waals surface area (Å²) in [5, 5.41) is 0. The fraction of sp³-hybridized carbons (Fsp3) is 0.333. The quantitative estimate of drug-likeness (QED) is 0.283. The van der Waals surface area contributed by atoms with Crippen LogP contribution in [0.3, 0.4) is 0 Å². The summed E-state index contributed by atoms with van der Waals surface area (Å²) in [5.41, 5.74) is 0. The van der Waals surface area contributed by atoms with E-state index in [9.17, 15) is 14.1 Å². The zero-order valence-electron chi connectivity index (χ0n) is 5.60. The Kier molecular flexibility index (Phi) is 7.13. The summed E-state index contributed by atoms with van der Waals surface area (Å²) >= 11 is 0. The zero-order valence-corrected chi connectivity index (χ0v) is 6.60. The molecule has 0 amide bonds. The Labute approximate surface area is 68.9 Å². The van der Waals surface area contributed by atoms with Crippen LogP contribution in [-0.2, 0) is 14.5 Å². The first-order chi connectivity index (χ1) is 3.18. The molecule has 3 nitrogen and oxygen atoms in total. The minimum Gasteiger partial charge on any atom is -1.00 e. The molecule has 8 heavy (non-hydrogen) atoms. The molecule has 0 bridgehead atoms. The van der Waals surface area contributed by atoms with Crippen molar-refractivity contribution >= 4 is 11.8 Å². The number of carbonyl (C=O) groups excluding carboxylic acids is 2. The maximum atomic E-state index is 10.6. The molecule has 0 fully saturated rings. The minimum atomic E-state index is -1.46.